The Bertz CT molecular complexity index is 523. The number of ether oxygens (including phenoxy) is 3. The van der Waals surface area contributed by atoms with Crippen molar-refractivity contribution in [2.75, 3.05) is 47.5 Å². The molecule has 0 atom stereocenters. The minimum atomic E-state index is 0.656. The van der Waals surface area contributed by atoms with Crippen LogP contribution in [0.4, 0.5) is 0 Å². The van der Waals surface area contributed by atoms with Crippen LogP contribution in [0.15, 0.2) is 24.4 Å². The molecular formula is C17H26N2O3. The molecule has 5 heteroatoms. The van der Waals surface area contributed by atoms with Crippen molar-refractivity contribution in [1.82, 2.24) is 9.80 Å². The van der Waals surface area contributed by atoms with Gasteiger partial charge in [-0.3, -0.25) is 4.90 Å². The molecule has 2 rings (SSSR count). The van der Waals surface area contributed by atoms with Crippen molar-refractivity contribution in [3.05, 3.63) is 30.0 Å². The Labute approximate surface area is 133 Å². The highest BCUT2D eigenvalue weighted by Gasteiger charge is 2.20. The molecule has 22 heavy (non-hydrogen) atoms. The highest BCUT2D eigenvalue weighted by atomic mass is 16.5. The number of allylic oxidation sites excluding steroid dienone is 1. The summed E-state index contributed by atoms with van der Waals surface area (Å²) in [5.41, 5.74) is 2.26. The van der Waals surface area contributed by atoms with E-state index in [0.717, 1.165) is 49.7 Å². The molecule has 5 nitrogen and oxygen atoms in total. The highest BCUT2D eigenvalue weighted by molar-refractivity contribution is 5.55. The van der Waals surface area contributed by atoms with Gasteiger partial charge in [0.1, 0.15) is 0 Å². The molecule has 1 saturated heterocycles. The topological polar surface area (TPSA) is 34.2 Å². The van der Waals surface area contributed by atoms with E-state index in [1.807, 2.05) is 12.1 Å². The van der Waals surface area contributed by atoms with E-state index in [9.17, 15) is 0 Å². The summed E-state index contributed by atoms with van der Waals surface area (Å²) < 4.78 is 16.3. The molecule has 0 spiro atoms. The van der Waals surface area contributed by atoms with Gasteiger partial charge in [0.25, 0.3) is 0 Å². The molecule has 1 aromatic carbocycles. The van der Waals surface area contributed by atoms with Crippen LogP contribution in [0.5, 0.6) is 17.2 Å². The summed E-state index contributed by atoms with van der Waals surface area (Å²) >= 11 is 0. The summed E-state index contributed by atoms with van der Waals surface area (Å²) in [5.74, 6) is 2.10. The first-order valence-electron chi connectivity index (χ1n) is 7.51. The predicted octanol–water partition coefficient (Wildman–Crippen LogP) is 2.36. The first-order valence-corrected chi connectivity index (χ1v) is 7.51. The monoisotopic (exact) mass is 306 g/mol. The summed E-state index contributed by atoms with van der Waals surface area (Å²) in [4.78, 5) is 4.74. The lowest BCUT2D eigenvalue weighted by Gasteiger charge is -2.36. The molecule has 0 aromatic heterocycles. The van der Waals surface area contributed by atoms with E-state index in [2.05, 4.69) is 23.3 Å². The van der Waals surface area contributed by atoms with Crippen molar-refractivity contribution in [1.29, 1.82) is 0 Å². The molecule has 0 N–H and O–H groups in total. The van der Waals surface area contributed by atoms with Gasteiger partial charge in [-0.2, -0.15) is 0 Å². The van der Waals surface area contributed by atoms with E-state index < -0.39 is 0 Å². The summed E-state index contributed by atoms with van der Waals surface area (Å²) in [6.45, 7) is 11.0. The van der Waals surface area contributed by atoms with Crippen LogP contribution in [0.3, 0.4) is 0 Å². The molecule has 0 saturated carbocycles. The maximum Gasteiger partial charge on any atom is 0.203 e. The number of benzene rings is 1. The Hall–Kier alpha value is -1.88. The van der Waals surface area contributed by atoms with Crippen molar-refractivity contribution in [2.45, 2.75) is 13.5 Å². The molecule has 0 unspecified atom stereocenters. The average Bonchev–Trinajstić information content (AvgIpc) is 2.54. The van der Waals surface area contributed by atoms with Crippen LogP contribution in [0.1, 0.15) is 12.5 Å². The van der Waals surface area contributed by atoms with Crippen LogP contribution in [0, 0.1) is 0 Å². The van der Waals surface area contributed by atoms with E-state index >= 15 is 0 Å². The Kier molecular flexibility index (Phi) is 5.55. The molecule has 1 aliphatic rings. The Morgan fingerprint density at radius 3 is 2.14 bits per heavy atom. The number of nitrogens with zero attached hydrogens (tertiary/aromatic N) is 2. The van der Waals surface area contributed by atoms with Gasteiger partial charge in [-0.05, 0) is 13.0 Å². The third-order valence-electron chi connectivity index (χ3n) is 4.09. The smallest absolute Gasteiger partial charge is 0.203 e. The van der Waals surface area contributed by atoms with Crippen LogP contribution in [0.2, 0.25) is 0 Å². The third kappa shape index (κ3) is 3.47. The SMILES string of the molecule is C=C(C)N1CCN(Cc2ccc(OC)c(OC)c2OC)CC1. The number of hydrogen-bond donors (Lipinski definition) is 0. The van der Waals surface area contributed by atoms with E-state index in [1.165, 1.54) is 0 Å². The zero-order valence-corrected chi connectivity index (χ0v) is 14.0. The van der Waals surface area contributed by atoms with E-state index in [-0.39, 0.29) is 0 Å². The van der Waals surface area contributed by atoms with Crippen LogP contribution < -0.4 is 14.2 Å². The average molecular weight is 306 g/mol. The molecular weight excluding hydrogens is 280 g/mol. The van der Waals surface area contributed by atoms with Gasteiger partial charge in [0.05, 0.1) is 21.3 Å². The van der Waals surface area contributed by atoms with Crippen LogP contribution in [-0.4, -0.2) is 57.3 Å². The lowest BCUT2D eigenvalue weighted by atomic mass is 10.1. The molecule has 122 valence electrons. The van der Waals surface area contributed by atoms with Crippen molar-refractivity contribution in [3.8, 4) is 17.2 Å². The maximum atomic E-state index is 5.55. The Morgan fingerprint density at radius 2 is 1.64 bits per heavy atom. The van der Waals surface area contributed by atoms with Gasteiger partial charge in [-0.15, -0.1) is 0 Å². The van der Waals surface area contributed by atoms with Gasteiger partial charge in [0.2, 0.25) is 5.75 Å². The Morgan fingerprint density at radius 1 is 1.00 bits per heavy atom. The highest BCUT2D eigenvalue weighted by Crippen LogP contribution is 2.40. The number of rotatable bonds is 6. The van der Waals surface area contributed by atoms with Gasteiger partial charge in [0, 0.05) is 44.0 Å². The maximum absolute atomic E-state index is 5.55. The molecule has 1 aliphatic heterocycles. The summed E-state index contributed by atoms with van der Waals surface area (Å²) in [5, 5.41) is 0. The fraction of sp³-hybridized carbons (Fsp3) is 0.529. The van der Waals surface area contributed by atoms with Crippen molar-refractivity contribution < 1.29 is 14.2 Å². The summed E-state index contributed by atoms with van der Waals surface area (Å²) in [6.07, 6.45) is 0. The fourth-order valence-electron chi connectivity index (χ4n) is 2.82. The molecule has 1 aromatic rings. The fourth-order valence-corrected chi connectivity index (χ4v) is 2.82. The number of hydrogen-bond acceptors (Lipinski definition) is 5. The van der Waals surface area contributed by atoms with Crippen molar-refractivity contribution >= 4 is 0 Å². The molecule has 0 aliphatic carbocycles. The van der Waals surface area contributed by atoms with Crippen LogP contribution >= 0.6 is 0 Å². The molecule has 1 fully saturated rings. The van der Waals surface area contributed by atoms with Crippen LogP contribution in [0.25, 0.3) is 0 Å². The van der Waals surface area contributed by atoms with Gasteiger partial charge in [0.15, 0.2) is 11.5 Å². The first kappa shape index (κ1) is 16.5. The summed E-state index contributed by atoms with van der Waals surface area (Å²) in [7, 11) is 4.93. The minimum absolute atomic E-state index is 0.656. The standard InChI is InChI=1S/C17H26N2O3/c1-13(2)19-10-8-18(9-11-19)12-14-6-7-15(20-3)17(22-5)16(14)21-4/h6-7H,1,8-12H2,2-5H3. The lowest BCUT2D eigenvalue weighted by Crippen LogP contribution is -2.44. The third-order valence-corrected chi connectivity index (χ3v) is 4.09. The summed E-state index contributed by atoms with van der Waals surface area (Å²) in [6, 6.07) is 3.98. The van der Waals surface area contributed by atoms with Gasteiger partial charge in [-0.25, -0.2) is 0 Å². The normalized spacial score (nSPS) is 15.5. The van der Waals surface area contributed by atoms with E-state index in [1.54, 1.807) is 21.3 Å². The second kappa shape index (κ2) is 7.40. The van der Waals surface area contributed by atoms with Crippen molar-refractivity contribution in [2.24, 2.45) is 0 Å². The van der Waals surface area contributed by atoms with E-state index in [4.69, 9.17) is 14.2 Å². The molecule has 0 radical (unpaired) electrons. The minimum Gasteiger partial charge on any atom is -0.493 e. The number of piperazine rings is 1. The largest absolute Gasteiger partial charge is 0.493 e. The molecule has 1 heterocycles. The first-order chi connectivity index (χ1) is 10.6. The van der Waals surface area contributed by atoms with Gasteiger partial charge >= 0.3 is 0 Å². The zero-order chi connectivity index (χ0) is 16.1. The lowest BCUT2D eigenvalue weighted by molar-refractivity contribution is 0.152. The van der Waals surface area contributed by atoms with Gasteiger partial charge < -0.3 is 19.1 Å². The van der Waals surface area contributed by atoms with Gasteiger partial charge in [-0.1, -0.05) is 12.6 Å². The second-order valence-corrected chi connectivity index (χ2v) is 5.49. The Balaban J connectivity index is 2.12. The number of methoxy groups -OCH3 is 3. The quantitative estimate of drug-likeness (QED) is 0.806. The van der Waals surface area contributed by atoms with E-state index in [0.29, 0.717) is 11.5 Å². The van der Waals surface area contributed by atoms with Crippen molar-refractivity contribution in [3.63, 3.8) is 0 Å². The molecule has 0 bridgehead atoms. The predicted molar refractivity (Wildman–Crippen MR) is 87.8 cm³/mol. The molecule has 0 amide bonds. The second-order valence-electron chi connectivity index (χ2n) is 5.49. The zero-order valence-electron chi connectivity index (χ0n) is 14.0. The van der Waals surface area contributed by atoms with Crippen LogP contribution in [-0.2, 0) is 6.54 Å².